The zero-order valence-electron chi connectivity index (χ0n) is 21.4. The third-order valence-corrected chi connectivity index (χ3v) is 7.52. The summed E-state index contributed by atoms with van der Waals surface area (Å²) in [6, 6.07) is 5.03. The summed E-state index contributed by atoms with van der Waals surface area (Å²) in [5.41, 5.74) is 1.58. The number of aromatic nitrogens is 5. The molecule has 4 aromatic rings. The van der Waals surface area contributed by atoms with Crippen LogP contribution in [0.3, 0.4) is 0 Å². The maximum atomic E-state index is 15.3. The largest absolute Gasteiger partial charge is 0.339 e. The molecule has 0 spiro atoms. The molecule has 3 aromatic heterocycles. The first-order valence-electron chi connectivity index (χ1n) is 13.0. The number of anilines is 1. The van der Waals surface area contributed by atoms with Crippen LogP contribution in [0.25, 0.3) is 11.0 Å². The zero-order chi connectivity index (χ0) is 26.4. The number of carbonyl (C=O) groups excluding carboxylic acids is 1. The topological polar surface area (TPSA) is 93.2 Å². The van der Waals surface area contributed by atoms with Gasteiger partial charge in [-0.25, -0.2) is 18.7 Å². The second-order valence-electron chi connectivity index (χ2n) is 10.3. The fourth-order valence-electron chi connectivity index (χ4n) is 5.14. The maximum Gasteiger partial charge on any atom is 0.324 e. The molecule has 0 unspecified atom stereocenters. The Balaban J connectivity index is 1.20. The number of hydrogen-bond acceptors (Lipinski definition) is 7. The molecule has 2 aliphatic rings. The Hall–Kier alpha value is -3.89. The number of carbonyl (C=O) groups is 1. The van der Waals surface area contributed by atoms with Crippen molar-refractivity contribution in [2.75, 3.05) is 31.1 Å². The molecule has 1 amide bonds. The van der Waals surface area contributed by atoms with Crippen molar-refractivity contribution >= 4 is 23.0 Å². The molecule has 0 aliphatic carbocycles. The van der Waals surface area contributed by atoms with Crippen LogP contribution in [0.2, 0.25) is 0 Å². The average Bonchev–Trinajstić information content (AvgIpc) is 3.50. The predicted molar refractivity (Wildman–Crippen MR) is 136 cm³/mol. The summed E-state index contributed by atoms with van der Waals surface area (Å²) < 4.78 is 37.5. The predicted octanol–water partition coefficient (Wildman–Crippen LogP) is 4.49. The second kappa shape index (κ2) is 9.77. The van der Waals surface area contributed by atoms with Crippen LogP contribution in [0.15, 0.2) is 35.2 Å². The third-order valence-electron chi connectivity index (χ3n) is 7.52. The SMILES string of the molecule is CC(C)c1noc(N2CCC(n3cc(F)c4c(Cc5ccc(C(=O)N6CCC6)cc5F)ncnc43)CC2)n1. The van der Waals surface area contributed by atoms with Gasteiger partial charge in [-0.3, -0.25) is 4.79 Å². The Morgan fingerprint density at radius 2 is 1.89 bits per heavy atom. The van der Waals surface area contributed by atoms with Crippen molar-refractivity contribution in [3.8, 4) is 0 Å². The minimum absolute atomic E-state index is 0.0389. The molecule has 9 nitrogen and oxygen atoms in total. The summed E-state index contributed by atoms with van der Waals surface area (Å²) in [6.45, 7) is 6.82. The lowest BCUT2D eigenvalue weighted by atomic mass is 10.0. The Kier molecular flexibility index (Phi) is 6.29. The number of piperidine rings is 1. The van der Waals surface area contributed by atoms with E-state index in [-0.39, 0.29) is 24.3 Å². The van der Waals surface area contributed by atoms with Crippen molar-refractivity contribution < 1.29 is 18.1 Å². The minimum atomic E-state index is -0.503. The van der Waals surface area contributed by atoms with E-state index < -0.39 is 11.6 Å². The van der Waals surface area contributed by atoms with Gasteiger partial charge in [0.05, 0.1) is 11.1 Å². The van der Waals surface area contributed by atoms with Crippen molar-refractivity contribution in [2.45, 2.75) is 51.5 Å². The van der Waals surface area contributed by atoms with Gasteiger partial charge in [-0.15, -0.1) is 0 Å². The molecule has 198 valence electrons. The van der Waals surface area contributed by atoms with Gasteiger partial charge in [0, 0.05) is 56.3 Å². The lowest BCUT2D eigenvalue weighted by molar-refractivity contribution is 0.0651. The van der Waals surface area contributed by atoms with E-state index in [4.69, 9.17) is 4.52 Å². The third kappa shape index (κ3) is 4.39. The molecule has 0 radical (unpaired) electrons. The van der Waals surface area contributed by atoms with Crippen molar-refractivity contribution in [3.63, 3.8) is 0 Å². The Morgan fingerprint density at radius 3 is 2.55 bits per heavy atom. The van der Waals surface area contributed by atoms with Crippen molar-refractivity contribution in [1.29, 1.82) is 0 Å². The van der Waals surface area contributed by atoms with Gasteiger partial charge in [-0.1, -0.05) is 25.1 Å². The number of hydrogen-bond donors (Lipinski definition) is 0. The van der Waals surface area contributed by atoms with Crippen LogP contribution in [-0.2, 0) is 6.42 Å². The number of likely N-dealkylation sites (tertiary alicyclic amines) is 1. The van der Waals surface area contributed by atoms with Crippen molar-refractivity contribution in [1.82, 2.24) is 29.6 Å². The zero-order valence-corrected chi connectivity index (χ0v) is 21.4. The first-order chi connectivity index (χ1) is 18.4. The average molecular weight is 522 g/mol. The highest BCUT2D eigenvalue weighted by molar-refractivity contribution is 5.94. The number of nitrogens with zero attached hydrogens (tertiary/aromatic N) is 7. The molecule has 1 aromatic carbocycles. The summed E-state index contributed by atoms with van der Waals surface area (Å²) in [5.74, 6) is -0.232. The van der Waals surface area contributed by atoms with Crippen molar-refractivity contribution in [2.24, 2.45) is 0 Å². The molecule has 0 bridgehead atoms. The summed E-state index contributed by atoms with van der Waals surface area (Å²) in [4.78, 5) is 29.3. The number of benzene rings is 1. The molecule has 0 N–H and O–H groups in total. The highest BCUT2D eigenvalue weighted by Crippen LogP contribution is 2.32. The molecule has 38 heavy (non-hydrogen) atoms. The molecule has 6 rings (SSSR count). The van der Waals surface area contributed by atoms with Gasteiger partial charge >= 0.3 is 6.01 Å². The standard InChI is InChI=1S/C27H29F2N7O2/c1-16(2)24-32-27(38-33-24)35-10-6-19(7-11-35)36-14-21(29)23-22(30-15-31-25(23)36)13-17-4-5-18(12-20(17)28)26(37)34-8-3-9-34/h4-5,12,14-16,19H,3,6-11,13H2,1-2H3. The van der Waals surface area contributed by atoms with E-state index >= 15 is 4.39 Å². The molecule has 2 aliphatic heterocycles. The van der Waals surface area contributed by atoms with Gasteiger partial charge in [0.2, 0.25) is 0 Å². The number of halogens is 2. The maximum absolute atomic E-state index is 15.3. The van der Waals surface area contributed by atoms with Gasteiger partial charge in [-0.2, -0.15) is 4.98 Å². The first-order valence-corrected chi connectivity index (χ1v) is 13.0. The van der Waals surface area contributed by atoms with Crippen molar-refractivity contribution in [3.05, 3.63) is 65.0 Å². The summed E-state index contributed by atoms with van der Waals surface area (Å²) in [6.07, 6.45) is 5.44. The van der Waals surface area contributed by atoms with E-state index in [2.05, 4.69) is 25.0 Å². The van der Waals surface area contributed by atoms with E-state index in [9.17, 15) is 9.18 Å². The Bertz CT molecular complexity index is 1490. The van der Waals surface area contributed by atoms with Crippen LogP contribution in [0.5, 0.6) is 0 Å². The van der Waals surface area contributed by atoms with E-state index in [1.165, 1.54) is 18.6 Å². The molecule has 0 atom stereocenters. The first kappa shape index (κ1) is 24.4. The molecule has 11 heteroatoms. The monoisotopic (exact) mass is 521 g/mol. The van der Waals surface area contributed by atoms with Gasteiger partial charge in [-0.05, 0) is 37.0 Å². The number of rotatable bonds is 6. The molecular weight excluding hydrogens is 492 g/mol. The second-order valence-corrected chi connectivity index (χ2v) is 10.3. The minimum Gasteiger partial charge on any atom is -0.339 e. The highest BCUT2D eigenvalue weighted by Gasteiger charge is 2.28. The normalized spacial score (nSPS) is 16.4. The molecule has 2 fully saturated rings. The van der Waals surface area contributed by atoms with Crippen LogP contribution in [0.4, 0.5) is 14.8 Å². The van der Waals surface area contributed by atoms with E-state index in [0.717, 1.165) is 19.3 Å². The van der Waals surface area contributed by atoms with Crippen LogP contribution in [-0.4, -0.2) is 61.7 Å². The molecule has 5 heterocycles. The molecule has 2 saturated heterocycles. The quantitative estimate of drug-likeness (QED) is 0.369. The van der Waals surface area contributed by atoms with Crippen LogP contribution >= 0.6 is 0 Å². The van der Waals surface area contributed by atoms with Gasteiger partial charge in [0.1, 0.15) is 17.8 Å². The van der Waals surface area contributed by atoms with Gasteiger partial charge in [0.25, 0.3) is 5.91 Å². The lowest BCUT2D eigenvalue weighted by Gasteiger charge is -2.31. The molecular formula is C27H29F2N7O2. The number of amides is 1. The van der Waals surface area contributed by atoms with E-state index in [1.54, 1.807) is 17.0 Å². The Morgan fingerprint density at radius 1 is 1.11 bits per heavy atom. The lowest BCUT2D eigenvalue weighted by Crippen LogP contribution is -2.42. The van der Waals surface area contributed by atoms with Crippen LogP contribution < -0.4 is 4.90 Å². The van der Waals surface area contributed by atoms with E-state index in [1.807, 2.05) is 18.4 Å². The smallest absolute Gasteiger partial charge is 0.324 e. The van der Waals surface area contributed by atoms with Gasteiger partial charge in [0.15, 0.2) is 11.6 Å². The van der Waals surface area contributed by atoms with Crippen LogP contribution in [0, 0.1) is 11.6 Å². The summed E-state index contributed by atoms with van der Waals surface area (Å²) >= 11 is 0. The fourth-order valence-corrected chi connectivity index (χ4v) is 5.14. The Labute approximate surface area is 218 Å². The van der Waals surface area contributed by atoms with Crippen LogP contribution in [0.1, 0.15) is 72.5 Å². The summed E-state index contributed by atoms with van der Waals surface area (Å²) in [7, 11) is 0. The summed E-state index contributed by atoms with van der Waals surface area (Å²) in [5, 5.41) is 4.34. The van der Waals surface area contributed by atoms with Gasteiger partial charge < -0.3 is 18.9 Å². The highest BCUT2D eigenvalue weighted by atomic mass is 19.1. The van der Waals surface area contributed by atoms with E-state index in [0.29, 0.717) is 65.9 Å². The molecule has 0 saturated carbocycles. The number of fused-ring (bicyclic) bond motifs is 1. The fraction of sp³-hybridized carbons (Fsp3) is 0.444.